The van der Waals surface area contributed by atoms with Gasteiger partial charge in [-0.1, -0.05) is 37.1 Å². The first kappa shape index (κ1) is 18.5. The van der Waals surface area contributed by atoms with Crippen LogP contribution in [-0.4, -0.2) is 23.1 Å². The number of fused-ring (bicyclic) bond motifs is 1. The lowest BCUT2D eigenvalue weighted by Gasteiger charge is -2.24. The molecule has 0 radical (unpaired) electrons. The van der Waals surface area contributed by atoms with E-state index >= 15 is 0 Å². The van der Waals surface area contributed by atoms with Gasteiger partial charge in [0.2, 0.25) is 0 Å². The van der Waals surface area contributed by atoms with Crippen molar-refractivity contribution >= 4 is 39.3 Å². The summed E-state index contributed by atoms with van der Waals surface area (Å²) in [5.74, 6) is 1.42. The molecule has 1 unspecified atom stereocenters. The van der Waals surface area contributed by atoms with E-state index in [1.54, 1.807) is 7.11 Å². The van der Waals surface area contributed by atoms with Crippen LogP contribution in [0.2, 0.25) is 0 Å². The van der Waals surface area contributed by atoms with Gasteiger partial charge in [0.15, 0.2) is 0 Å². The maximum atomic E-state index is 13.4. The van der Waals surface area contributed by atoms with Crippen LogP contribution in [0.3, 0.4) is 0 Å². The molecule has 1 aliphatic rings. The van der Waals surface area contributed by atoms with Crippen LogP contribution in [0.25, 0.3) is 10.9 Å². The molecule has 2 aromatic carbocycles. The second-order valence-electron chi connectivity index (χ2n) is 7.30. The quantitative estimate of drug-likeness (QED) is 0.496. The van der Waals surface area contributed by atoms with Crippen molar-refractivity contribution in [3.63, 3.8) is 0 Å². The average molecular weight is 474 g/mol. The first-order valence-electron chi connectivity index (χ1n) is 9.45. The van der Waals surface area contributed by atoms with Gasteiger partial charge in [-0.05, 0) is 65.1 Å². The van der Waals surface area contributed by atoms with E-state index in [4.69, 9.17) is 4.74 Å². The van der Waals surface area contributed by atoms with Crippen molar-refractivity contribution in [2.24, 2.45) is 5.92 Å². The van der Waals surface area contributed by atoms with Gasteiger partial charge >= 0.3 is 0 Å². The van der Waals surface area contributed by atoms with Crippen LogP contribution in [-0.2, 0) is 11.2 Å². The molecular weight excluding hydrogens is 451 g/mol. The highest BCUT2D eigenvalue weighted by molar-refractivity contribution is 14.1. The van der Waals surface area contributed by atoms with Crippen molar-refractivity contribution in [3.05, 3.63) is 57.3 Å². The zero-order valence-electron chi connectivity index (χ0n) is 15.4. The molecule has 5 heteroatoms. The number of H-pyrrole nitrogens is 1. The number of para-hydroxylation sites is 1. The summed E-state index contributed by atoms with van der Waals surface area (Å²) in [7, 11) is 1.68. The largest absolute Gasteiger partial charge is 0.496 e. The SMILES string of the molecule is COc1ccccc1C(C(=O)Cc1ccc2n[nH]c(I)c2c1)C1CCCC1. The summed E-state index contributed by atoms with van der Waals surface area (Å²) in [6, 6.07) is 14.1. The first-order chi connectivity index (χ1) is 13.2. The molecular formula is C22H23IN2O2. The van der Waals surface area contributed by atoms with Gasteiger partial charge in [0, 0.05) is 23.3 Å². The molecule has 0 aliphatic heterocycles. The molecule has 0 amide bonds. The third-order valence-electron chi connectivity index (χ3n) is 5.64. The van der Waals surface area contributed by atoms with Crippen LogP contribution < -0.4 is 4.74 Å². The molecule has 0 bridgehead atoms. The summed E-state index contributed by atoms with van der Waals surface area (Å²) in [6.45, 7) is 0. The first-order valence-corrected chi connectivity index (χ1v) is 10.5. The summed E-state index contributed by atoms with van der Waals surface area (Å²) in [5, 5.41) is 8.35. The van der Waals surface area contributed by atoms with E-state index < -0.39 is 0 Å². The van der Waals surface area contributed by atoms with Crippen molar-refractivity contribution in [1.29, 1.82) is 0 Å². The summed E-state index contributed by atoms with van der Waals surface area (Å²) in [4.78, 5) is 13.4. The molecule has 0 saturated heterocycles. The van der Waals surface area contributed by atoms with Crippen LogP contribution in [0, 0.1) is 9.62 Å². The minimum absolute atomic E-state index is 0.0947. The van der Waals surface area contributed by atoms with Crippen molar-refractivity contribution in [3.8, 4) is 5.75 Å². The smallest absolute Gasteiger partial charge is 0.145 e. The van der Waals surface area contributed by atoms with Gasteiger partial charge in [-0.3, -0.25) is 9.89 Å². The molecule has 27 heavy (non-hydrogen) atoms. The third-order valence-corrected chi connectivity index (χ3v) is 6.46. The second kappa shape index (κ2) is 8.00. The molecule has 3 aromatic rings. The number of ketones is 1. The predicted molar refractivity (Wildman–Crippen MR) is 115 cm³/mol. The van der Waals surface area contributed by atoms with Crippen LogP contribution in [0.15, 0.2) is 42.5 Å². The minimum atomic E-state index is -0.0947. The van der Waals surface area contributed by atoms with E-state index in [2.05, 4.69) is 44.9 Å². The van der Waals surface area contributed by atoms with E-state index in [0.717, 1.165) is 44.3 Å². The fourth-order valence-corrected chi connectivity index (χ4v) is 4.90. The third kappa shape index (κ3) is 3.74. The molecule has 1 saturated carbocycles. The summed E-state index contributed by atoms with van der Waals surface area (Å²) in [5.41, 5.74) is 3.02. The monoisotopic (exact) mass is 474 g/mol. The number of hydrogen-bond acceptors (Lipinski definition) is 3. The number of halogens is 1. The van der Waals surface area contributed by atoms with E-state index in [0.29, 0.717) is 12.3 Å². The number of hydrogen-bond donors (Lipinski definition) is 1. The average Bonchev–Trinajstić information content (AvgIpc) is 3.33. The number of aromatic nitrogens is 2. The molecule has 4 rings (SSSR count). The molecule has 0 spiro atoms. The Kier molecular flexibility index (Phi) is 5.48. The fraction of sp³-hybridized carbons (Fsp3) is 0.364. The Morgan fingerprint density at radius 1 is 1.26 bits per heavy atom. The Labute approximate surface area is 172 Å². The van der Waals surface area contributed by atoms with Gasteiger partial charge in [0.25, 0.3) is 0 Å². The number of carbonyl (C=O) groups excluding carboxylic acids is 1. The molecule has 4 nitrogen and oxygen atoms in total. The predicted octanol–water partition coefficient (Wildman–Crippen LogP) is 5.26. The zero-order chi connectivity index (χ0) is 18.8. The Morgan fingerprint density at radius 3 is 2.81 bits per heavy atom. The topological polar surface area (TPSA) is 55.0 Å². The van der Waals surface area contributed by atoms with Gasteiger partial charge < -0.3 is 4.74 Å². The fourth-order valence-electron chi connectivity index (χ4n) is 4.35. The zero-order valence-corrected chi connectivity index (χ0v) is 17.5. The number of benzene rings is 2. The number of aromatic amines is 1. The van der Waals surface area contributed by atoms with Gasteiger partial charge in [-0.25, -0.2) is 0 Å². The highest BCUT2D eigenvalue weighted by Crippen LogP contribution is 2.41. The van der Waals surface area contributed by atoms with Crippen molar-refractivity contribution in [1.82, 2.24) is 10.2 Å². The molecule has 140 valence electrons. The van der Waals surface area contributed by atoms with Gasteiger partial charge in [0.1, 0.15) is 15.2 Å². The van der Waals surface area contributed by atoms with E-state index in [1.807, 2.05) is 30.3 Å². The van der Waals surface area contributed by atoms with E-state index in [1.165, 1.54) is 12.8 Å². The summed E-state index contributed by atoms with van der Waals surface area (Å²) < 4.78 is 6.59. The molecule has 1 aromatic heterocycles. The molecule has 1 aliphatic carbocycles. The molecule has 1 atom stereocenters. The highest BCUT2D eigenvalue weighted by atomic mass is 127. The van der Waals surface area contributed by atoms with Crippen molar-refractivity contribution in [2.45, 2.75) is 38.0 Å². The summed E-state index contributed by atoms with van der Waals surface area (Å²) >= 11 is 2.25. The van der Waals surface area contributed by atoms with Crippen LogP contribution >= 0.6 is 22.6 Å². The number of methoxy groups -OCH3 is 1. The Balaban J connectivity index is 1.66. The Hall–Kier alpha value is -1.89. The maximum Gasteiger partial charge on any atom is 0.145 e. The van der Waals surface area contributed by atoms with E-state index in [9.17, 15) is 4.79 Å². The number of carbonyl (C=O) groups is 1. The Morgan fingerprint density at radius 2 is 2.04 bits per heavy atom. The normalized spacial score (nSPS) is 15.9. The molecule has 1 heterocycles. The number of Topliss-reactive ketones (excluding diaryl/α,β-unsaturated/α-hetero) is 1. The maximum absolute atomic E-state index is 13.4. The van der Waals surface area contributed by atoms with E-state index in [-0.39, 0.29) is 11.7 Å². The highest BCUT2D eigenvalue weighted by Gasteiger charge is 2.33. The van der Waals surface area contributed by atoms with Crippen molar-refractivity contribution < 1.29 is 9.53 Å². The minimum Gasteiger partial charge on any atom is -0.496 e. The lowest BCUT2D eigenvalue weighted by molar-refractivity contribution is -0.121. The van der Waals surface area contributed by atoms with Crippen LogP contribution in [0.1, 0.15) is 42.7 Å². The standard InChI is InChI=1S/C22H23IN2O2/c1-27-20-9-5-4-8-16(20)21(15-6-2-3-7-15)19(26)13-14-10-11-18-17(12-14)22(23)25-24-18/h4-5,8-12,15,21H,2-3,6-7,13H2,1H3,(H,24,25). The van der Waals surface area contributed by atoms with Crippen LogP contribution in [0.4, 0.5) is 0 Å². The second-order valence-corrected chi connectivity index (χ2v) is 8.38. The molecule has 1 N–H and O–H groups in total. The van der Waals surface area contributed by atoms with Crippen molar-refractivity contribution in [2.75, 3.05) is 7.11 Å². The lowest BCUT2D eigenvalue weighted by Crippen LogP contribution is -2.22. The van der Waals surface area contributed by atoms with Crippen LogP contribution in [0.5, 0.6) is 5.75 Å². The lowest BCUT2D eigenvalue weighted by atomic mass is 9.79. The molecule has 1 fully saturated rings. The number of rotatable bonds is 6. The number of nitrogens with zero attached hydrogens (tertiary/aromatic N) is 1. The van der Waals surface area contributed by atoms with Gasteiger partial charge in [-0.2, -0.15) is 5.10 Å². The van der Waals surface area contributed by atoms with Gasteiger partial charge in [0.05, 0.1) is 12.6 Å². The Bertz CT molecular complexity index is 960. The number of ether oxygens (including phenoxy) is 1. The number of nitrogens with one attached hydrogen (secondary N) is 1. The summed E-state index contributed by atoms with van der Waals surface area (Å²) in [6.07, 6.45) is 5.10. The van der Waals surface area contributed by atoms with Gasteiger partial charge in [-0.15, -0.1) is 0 Å².